The third-order valence-corrected chi connectivity index (χ3v) is 4.14. The maximum Gasteiger partial charge on any atom is 0.185 e. The van der Waals surface area contributed by atoms with Gasteiger partial charge in [-0.2, -0.15) is 0 Å². The van der Waals surface area contributed by atoms with Crippen LogP contribution in [0, 0.1) is 13.8 Å². The SMILES string of the molecule is Cc1ccc(CN(C)c2ncc(C)s2)s1. The number of aryl methyl sites for hydroxylation is 2. The molecular weight excluding hydrogens is 224 g/mol. The molecule has 0 aromatic carbocycles. The Balaban J connectivity index is 2.06. The second-order valence-electron chi connectivity index (χ2n) is 3.62. The predicted molar refractivity (Wildman–Crippen MR) is 68.0 cm³/mol. The number of aromatic nitrogens is 1. The van der Waals surface area contributed by atoms with E-state index in [0.29, 0.717) is 0 Å². The van der Waals surface area contributed by atoms with Crippen molar-refractivity contribution >= 4 is 27.8 Å². The van der Waals surface area contributed by atoms with Crippen molar-refractivity contribution in [3.8, 4) is 0 Å². The highest BCUT2D eigenvalue weighted by molar-refractivity contribution is 7.15. The van der Waals surface area contributed by atoms with E-state index < -0.39 is 0 Å². The molecule has 0 bridgehead atoms. The standard InChI is InChI=1S/C11H14N2S2/c1-8-4-5-10(14-8)7-13(3)11-12-6-9(2)15-11/h4-6H,7H2,1-3H3. The van der Waals surface area contributed by atoms with E-state index in [0.717, 1.165) is 11.7 Å². The fourth-order valence-corrected chi connectivity index (χ4v) is 3.05. The van der Waals surface area contributed by atoms with Crippen LogP contribution < -0.4 is 4.90 Å². The summed E-state index contributed by atoms with van der Waals surface area (Å²) in [6.45, 7) is 5.18. The summed E-state index contributed by atoms with van der Waals surface area (Å²) in [5, 5.41) is 1.10. The molecule has 0 saturated carbocycles. The summed E-state index contributed by atoms with van der Waals surface area (Å²) in [4.78, 5) is 10.6. The van der Waals surface area contributed by atoms with Crippen LogP contribution in [-0.4, -0.2) is 12.0 Å². The lowest BCUT2D eigenvalue weighted by atomic mass is 10.4. The van der Waals surface area contributed by atoms with E-state index in [4.69, 9.17) is 0 Å². The number of thiophene rings is 1. The Kier molecular flexibility index (Phi) is 3.07. The van der Waals surface area contributed by atoms with Crippen molar-refractivity contribution in [2.24, 2.45) is 0 Å². The topological polar surface area (TPSA) is 16.1 Å². The Hall–Kier alpha value is -0.870. The number of hydrogen-bond acceptors (Lipinski definition) is 4. The second-order valence-corrected chi connectivity index (χ2v) is 6.21. The van der Waals surface area contributed by atoms with Crippen LogP contribution in [-0.2, 0) is 6.54 Å². The van der Waals surface area contributed by atoms with Crippen LogP contribution in [0.2, 0.25) is 0 Å². The van der Waals surface area contributed by atoms with Gasteiger partial charge >= 0.3 is 0 Å². The Morgan fingerprint density at radius 1 is 1.20 bits per heavy atom. The maximum absolute atomic E-state index is 4.37. The zero-order valence-corrected chi connectivity index (χ0v) is 10.8. The molecule has 0 aliphatic carbocycles. The molecule has 2 aromatic rings. The Morgan fingerprint density at radius 3 is 2.53 bits per heavy atom. The van der Waals surface area contributed by atoms with Gasteiger partial charge in [-0.15, -0.1) is 22.7 Å². The molecule has 80 valence electrons. The molecule has 0 atom stereocenters. The van der Waals surface area contributed by atoms with Crippen LogP contribution in [0.25, 0.3) is 0 Å². The van der Waals surface area contributed by atoms with Gasteiger partial charge in [0.05, 0.1) is 6.54 Å². The molecule has 0 aliphatic rings. The van der Waals surface area contributed by atoms with Gasteiger partial charge in [-0.3, -0.25) is 0 Å². The van der Waals surface area contributed by atoms with Crippen LogP contribution >= 0.6 is 22.7 Å². The van der Waals surface area contributed by atoms with Gasteiger partial charge < -0.3 is 4.90 Å². The van der Waals surface area contributed by atoms with Crippen molar-refractivity contribution < 1.29 is 0 Å². The van der Waals surface area contributed by atoms with E-state index in [-0.39, 0.29) is 0 Å². The van der Waals surface area contributed by atoms with Crippen LogP contribution in [0.5, 0.6) is 0 Å². The van der Waals surface area contributed by atoms with Gasteiger partial charge in [0.2, 0.25) is 0 Å². The minimum Gasteiger partial charge on any atom is -0.346 e. The molecule has 2 rings (SSSR count). The van der Waals surface area contributed by atoms with E-state index in [1.54, 1.807) is 11.3 Å². The van der Waals surface area contributed by atoms with Crippen molar-refractivity contribution in [3.63, 3.8) is 0 Å². The Morgan fingerprint density at radius 2 is 2.00 bits per heavy atom. The Labute approximate surface area is 98.2 Å². The van der Waals surface area contributed by atoms with Gasteiger partial charge in [-0.25, -0.2) is 4.98 Å². The second kappa shape index (κ2) is 4.33. The maximum atomic E-state index is 4.37. The van der Waals surface area contributed by atoms with E-state index in [1.807, 2.05) is 17.5 Å². The van der Waals surface area contributed by atoms with Gasteiger partial charge in [-0.1, -0.05) is 0 Å². The molecule has 0 radical (unpaired) electrons. The first-order chi connectivity index (χ1) is 7.15. The first-order valence-electron chi connectivity index (χ1n) is 4.84. The van der Waals surface area contributed by atoms with E-state index in [1.165, 1.54) is 14.6 Å². The molecule has 15 heavy (non-hydrogen) atoms. The van der Waals surface area contributed by atoms with Crippen LogP contribution in [0.15, 0.2) is 18.3 Å². The summed E-state index contributed by atoms with van der Waals surface area (Å²) in [5.41, 5.74) is 0. The third kappa shape index (κ3) is 2.58. The number of rotatable bonds is 3. The number of thiazole rings is 1. The van der Waals surface area contributed by atoms with Gasteiger partial charge in [0.15, 0.2) is 5.13 Å². The highest BCUT2D eigenvalue weighted by Crippen LogP contribution is 2.24. The van der Waals surface area contributed by atoms with Gasteiger partial charge in [0, 0.05) is 27.9 Å². The first-order valence-corrected chi connectivity index (χ1v) is 6.47. The minimum absolute atomic E-state index is 0.950. The molecule has 2 heterocycles. The molecule has 0 fully saturated rings. The molecule has 2 aromatic heterocycles. The molecule has 0 saturated heterocycles. The molecule has 0 aliphatic heterocycles. The predicted octanol–water partition coefficient (Wildman–Crippen LogP) is 3.46. The van der Waals surface area contributed by atoms with Crippen LogP contribution in [0.1, 0.15) is 14.6 Å². The zero-order chi connectivity index (χ0) is 10.8. The average molecular weight is 238 g/mol. The minimum atomic E-state index is 0.950. The first kappa shape index (κ1) is 10.6. The smallest absolute Gasteiger partial charge is 0.185 e. The van der Waals surface area contributed by atoms with Crippen molar-refractivity contribution in [2.45, 2.75) is 20.4 Å². The summed E-state index contributed by atoms with van der Waals surface area (Å²) in [7, 11) is 2.09. The lowest BCUT2D eigenvalue weighted by Gasteiger charge is -2.13. The summed E-state index contributed by atoms with van der Waals surface area (Å²) in [6.07, 6.45) is 1.93. The summed E-state index contributed by atoms with van der Waals surface area (Å²) >= 11 is 3.59. The van der Waals surface area contributed by atoms with E-state index in [2.05, 4.69) is 42.9 Å². The lowest BCUT2D eigenvalue weighted by molar-refractivity contribution is 0.931. The van der Waals surface area contributed by atoms with Gasteiger partial charge in [-0.05, 0) is 26.0 Å². The molecule has 4 heteroatoms. The lowest BCUT2D eigenvalue weighted by Crippen LogP contribution is -2.14. The normalized spacial score (nSPS) is 10.6. The molecule has 0 amide bonds. The summed E-state index contributed by atoms with van der Waals surface area (Å²) in [6, 6.07) is 4.36. The van der Waals surface area contributed by atoms with E-state index >= 15 is 0 Å². The fourth-order valence-electron chi connectivity index (χ4n) is 1.39. The average Bonchev–Trinajstić information content (AvgIpc) is 2.75. The van der Waals surface area contributed by atoms with Crippen molar-refractivity contribution in [1.82, 2.24) is 4.98 Å². The van der Waals surface area contributed by atoms with Gasteiger partial charge in [0.25, 0.3) is 0 Å². The highest BCUT2D eigenvalue weighted by atomic mass is 32.1. The number of nitrogens with zero attached hydrogens (tertiary/aromatic N) is 2. The van der Waals surface area contributed by atoms with E-state index in [9.17, 15) is 0 Å². The fraction of sp³-hybridized carbons (Fsp3) is 0.364. The quantitative estimate of drug-likeness (QED) is 0.814. The summed E-state index contributed by atoms with van der Waals surface area (Å²) < 4.78 is 0. The highest BCUT2D eigenvalue weighted by Gasteiger charge is 2.06. The van der Waals surface area contributed by atoms with Crippen molar-refractivity contribution in [2.75, 3.05) is 11.9 Å². The van der Waals surface area contributed by atoms with Crippen molar-refractivity contribution in [3.05, 3.63) is 33.0 Å². The number of hydrogen-bond donors (Lipinski definition) is 0. The van der Waals surface area contributed by atoms with Crippen LogP contribution in [0.3, 0.4) is 0 Å². The number of anilines is 1. The van der Waals surface area contributed by atoms with Crippen molar-refractivity contribution in [1.29, 1.82) is 0 Å². The molecular formula is C11H14N2S2. The molecule has 0 unspecified atom stereocenters. The largest absolute Gasteiger partial charge is 0.346 e. The van der Waals surface area contributed by atoms with Gasteiger partial charge in [0.1, 0.15) is 0 Å². The van der Waals surface area contributed by atoms with Crippen LogP contribution in [0.4, 0.5) is 5.13 Å². The monoisotopic (exact) mass is 238 g/mol. The molecule has 0 N–H and O–H groups in total. The third-order valence-electron chi connectivity index (χ3n) is 2.12. The zero-order valence-electron chi connectivity index (χ0n) is 9.15. The Bertz CT molecular complexity index is 445. The molecule has 0 spiro atoms. The summed E-state index contributed by atoms with van der Waals surface area (Å²) in [5.74, 6) is 0. The molecule has 2 nitrogen and oxygen atoms in total.